The van der Waals surface area contributed by atoms with Crippen molar-refractivity contribution in [3.8, 4) is 11.6 Å². The smallest absolute Gasteiger partial charge is 0.237 e. The quantitative estimate of drug-likeness (QED) is 0.848. The van der Waals surface area contributed by atoms with E-state index in [4.69, 9.17) is 9.47 Å². The molecule has 0 bridgehead atoms. The number of hydrogen-bond acceptors (Lipinski definition) is 5. The monoisotopic (exact) mass is 287 g/mol. The molecule has 0 saturated carbocycles. The summed E-state index contributed by atoms with van der Waals surface area (Å²) in [6, 6.07) is 7.91. The molecule has 0 saturated heterocycles. The van der Waals surface area contributed by atoms with Gasteiger partial charge in [-0.3, -0.25) is 4.98 Å². The molecule has 1 unspecified atom stereocenters. The molecule has 112 valence electrons. The molecule has 0 aliphatic rings. The molecule has 0 spiro atoms. The number of hydrogen-bond donors (Lipinski definition) is 1. The third-order valence-electron chi connectivity index (χ3n) is 3.07. The van der Waals surface area contributed by atoms with Crippen molar-refractivity contribution in [2.75, 3.05) is 20.3 Å². The van der Waals surface area contributed by atoms with Crippen LogP contribution < -0.4 is 14.8 Å². The number of nitrogens with zero attached hydrogens (tertiary/aromatic N) is 2. The minimum absolute atomic E-state index is 0.0842. The highest BCUT2D eigenvalue weighted by atomic mass is 16.5. The van der Waals surface area contributed by atoms with Crippen LogP contribution >= 0.6 is 0 Å². The second-order valence-corrected chi connectivity index (χ2v) is 4.45. The summed E-state index contributed by atoms with van der Waals surface area (Å²) in [5.41, 5.74) is 1.84. The van der Waals surface area contributed by atoms with Crippen molar-refractivity contribution in [1.82, 2.24) is 15.3 Å². The van der Waals surface area contributed by atoms with Crippen molar-refractivity contribution in [2.24, 2.45) is 0 Å². The van der Waals surface area contributed by atoms with Crippen LogP contribution in [0.25, 0.3) is 0 Å². The number of benzene rings is 1. The van der Waals surface area contributed by atoms with Crippen LogP contribution in [0.3, 0.4) is 0 Å². The van der Waals surface area contributed by atoms with E-state index in [1.807, 2.05) is 31.2 Å². The molecular formula is C16H21N3O2. The molecule has 5 heteroatoms. The van der Waals surface area contributed by atoms with E-state index in [9.17, 15) is 0 Å². The van der Waals surface area contributed by atoms with Crippen LogP contribution in [-0.4, -0.2) is 30.2 Å². The number of rotatable bonds is 7. The van der Waals surface area contributed by atoms with E-state index in [2.05, 4.69) is 22.2 Å². The lowest BCUT2D eigenvalue weighted by Crippen LogP contribution is -2.24. The van der Waals surface area contributed by atoms with Gasteiger partial charge in [0.05, 0.1) is 19.8 Å². The van der Waals surface area contributed by atoms with Gasteiger partial charge in [0, 0.05) is 12.4 Å². The summed E-state index contributed by atoms with van der Waals surface area (Å²) < 4.78 is 10.9. The Bertz CT molecular complexity index is 575. The number of ether oxygens (including phenoxy) is 2. The first-order valence-corrected chi connectivity index (χ1v) is 7.11. The van der Waals surface area contributed by atoms with E-state index in [0.29, 0.717) is 12.5 Å². The van der Waals surface area contributed by atoms with E-state index in [0.717, 1.165) is 23.6 Å². The van der Waals surface area contributed by atoms with Gasteiger partial charge >= 0.3 is 0 Å². The fraction of sp³-hybridized carbons (Fsp3) is 0.375. The maximum absolute atomic E-state index is 5.57. The molecule has 0 aliphatic carbocycles. The van der Waals surface area contributed by atoms with E-state index in [1.165, 1.54) is 0 Å². The highest BCUT2D eigenvalue weighted by Gasteiger charge is 2.20. The minimum Gasteiger partial charge on any atom is -0.494 e. The van der Waals surface area contributed by atoms with E-state index in [1.54, 1.807) is 19.5 Å². The van der Waals surface area contributed by atoms with Crippen LogP contribution in [0.1, 0.15) is 31.1 Å². The molecule has 1 aromatic carbocycles. The van der Waals surface area contributed by atoms with Crippen molar-refractivity contribution in [3.05, 3.63) is 47.9 Å². The van der Waals surface area contributed by atoms with Gasteiger partial charge in [0.25, 0.3) is 0 Å². The first kappa shape index (κ1) is 15.3. The van der Waals surface area contributed by atoms with Gasteiger partial charge in [-0.1, -0.05) is 19.1 Å². The highest BCUT2D eigenvalue weighted by Crippen LogP contribution is 2.28. The number of aromatic nitrogens is 2. The molecule has 0 fully saturated rings. The van der Waals surface area contributed by atoms with Gasteiger partial charge in [-0.15, -0.1) is 0 Å². The van der Waals surface area contributed by atoms with Crippen molar-refractivity contribution < 1.29 is 9.47 Å². The Kier molecular flexibility index (Phi) is 5.51. The fourth-order valence-electron chi connectivity index (χ4n) is 2.22. The third-order valence-corrected chi connectivity index (χ3v) is 3.07. The molecule has 1 aromatic heterocycles. The van der Waals surface area contributed by atoms with Gasteiger partial charge in [-0.05, 0) is 31.2 Å². The van der Waals surface area contributed by atoms with Crippen molar-refractivity contribution in [2.45, 2.75) is 19.9 Å². The molecule has 0 radical (unpaired) electrons. The molecule has 1 heterocycles. The Morgan fingerprint density at radius 1 is 1.19 bits per heavy atom. The van der Waals surface area contributed by atoms with Crippen LogP contribution in [0.2, 0.25) is 0 Å². The fourth-order valence-corrected chi connectivity index (χ4v) is 2.22. The molecule has 1 atom stereocenters. The second kappa shape index (κ2) is 7.59. The normalized spacial score (nSPS) is 12.0. The summed E-state index contributed by atoms with van der Waals surface area (Å²) in [6.07, 6.45) is 3.30. The Balaban J connectivity index is 2.40. The average molecular weight is 287 g/mol. The van der Waals surface area contributed by atoms with Crippen molar-refractivity contribution in [3.63, 3.8) is 0 Å². The standard InChI is InChI=1S/C16H21N3O2/c1-4-17-14(15-16(20-3)19-10-9-18-15)12-7-6-8-13(11-12)21-5-2/h6-11,14,17H,4-5H2,1-3H3. The Morgan fingerprint density at radius 2 is 2.00 bits per heavy atom. The van der Waals surface area contributed by atoms with E-state index < -0.39 is 0 Å². The van der Waals surface area contributed by atoms with Crippen LogP contribution in [-0.2, 0) is 0 Å². The van der Waals surface area contributed by atoms with Crippen LogP contribution in [0, 0.1) is 0 Å². The van der Waals surface area contributed by atoms with E-state index >= 15 is 0 Å². The Labute approximate surface area is 125 Å². The largest absolute Gasteiger partial charge is 0.494 e. The van der Waals surface area contributed by atoms with Crippen LogP contribution in [0.4, 0.5) is 0 Å². The van der Waals surface area contributed by atoms with Gasteiger partial charge in [-0.25, -0.2) is 4.98 Å². The summed E-state index contributed by atoms with van der Waals surface area (Å²) >= 11 is 0. The summed E-state index contributed by atoms with van der Waals surface area (Å²) in [6.45, 7) is 5.48. The predicted octanol–water partition coefficient (Wildman–Crippen LogP) is 2.58. The van der Waals surface area contributed by atoms with Gasteiger partial charge < -0.3 is 14.8 Å². The summed E-state index contributed by atoms with van der Waals surface area (Å²) in [4.78, 5) is 8.66. The predicted molar refractivity (Wildman–Crippen MR) is 81.7 cm³/mol. The molecule has 2 rings (SSSR count). The molecule has 5 nitrogen and oxygen atoms in total. The molecule has 2 aromatic rings. The Morgan fingerprint density at radius 3 is 2.71 bits per heavy atom. The Hall–Kier alpha value is -2.14. The molecule has 21 heavy (non-hydrogen) atoms. The summed E-state index contributed by atoms with van der Waals surface area (Å²) in [5, 5.41) is 3.42. The van der Waals surface area contributed by atoms with Crippen LogP contribution in [0.15, 0.2) is 36.7 Å². The zero-order valence-corrected chi connectivity index (χ0v) is 12.7. The zero-order chi connectivity index (χ0) is 15.1. The molecule has 0 aliphatic heterocycles. The summed E-state index contributed by atoms with van der Waals surface area (Å²) in [7, 11) is 1.60. The van der Waals surface area contributed by atoms with Gasteiger partial charge in [-0.2, -0.15) is 0 Å². The lowest BCUT2D eigenvalue weighted by molar-refractivity contribution is 0.339. The van der Waals surface area contributed by atoms with E-state index in [-0.39, 0.29) is 6.04 Å². The van der Waals surface area contributed by atoms with Crippen molar-refractivity contribution in [1.29, 1.82) is 0 Å². The maximum Gasteiger partial charge on any atom is 0.237 e. The first-order valence-electron chi connectivity index (χ1n) is 7.11. The summed E-state index contributed by atoms with van der Waals surface area (Å²) in [5.74, 6) is 1.38. The lowest BCUT2D eigenvalue weighted by atomic mass is 10.0. The minimum atomic E-state index is -0.0842. The number of methoxy groups -OCH3 is 1. The van der Waals surface area contributed by atoms with Gasteiger partial charge in [0.1, 0.15) is 11.4 Å². The third kappa shape index (κ3) is 3.70. The average Bonchev–Trinajstić information content (AvgIpc) is 2.53. The molecule has 0 amide bonds. The zero-order valence-electron chi connectivity index (χ0n) is 12.7. The number of nitrogens with one attached hydrogen (secondary N) is 1. The van der Waals surface area contributed by atoms with Gasteiger partial charge in [0.2, 0.25) is 5.88 Å². The highest BCUT2D eigenvalue weighted by molar-refractivity contribution is 5.37. The lowest BCUT2D eigenvalue weighted by Gasteiger charge is -2.20. The van der Waals surface area contributed by atoms with Gasteiger partial charge in [0.15, 0.2) is 0 Å². The molecular weight excluding hydrogens is 266 g/mol. The SMILES string of the molecule is CCNC(c1cccc(OCC)c1)c1nccnc1OC. The maximum atomic E-state index is 5.57. The second-order valence-electron chi connectivity index (χ2n) is 4.45. The topological polar surface area (TPSA) is 56.3 Å². The first-order chi connectivity index (χ1) is 10.3. The van der Waals surface area contributed by atoms with Crippen molar-refractivity contribution >= 4 is 0 Å². The molecule has 1 N–H and O–H groups in total. The van der Waals surface area contributed by atoms with Crippen LogP contribution in [0.5, 0.6) is 11.6 Å².